The highest BCUT2D eigenvalue weighted by molar-refractivity contribution is 8.13. The van der Waals surface area contributed by atoms with Gasteiger partial charge in [-0.2, -0.15) is 4.31 Å². The highest BCUT2D eigenvalue weighted by atomic mass is 32.2. The van der Waals surface area contributed by atoms with Crippen LogP contribution in [0.3, 0.4) is 0 Å². The molecule has 0 bridgehead atoms. The molecule has 1 saturated heterocycles. The van der Waals surface area contributed by atoms with Crippen LogP contribution in [0.15, 0.2) is 12.7 Å². The molecule has 0 aromatic carbocycles. The number of thioether (sulfide) groups is 1. The van der Waals surface area contributed by atoms with Gasteiger partial charge in [0.15, 0.2) is 22.8 Å². The Morgan fingerprint density at radius 2 is 1.42 bits per heavy atom. The normalized spacial score (nSPS) is 20.2. The number of hydrogen-bond acceptors (Lipinski definition) is 19. The summed E-state index contributed by atoms with van der Waals surface area (Å²) in [6, 6.07) is 0. The molecule has 25 nitrogen and oxygen atoms in total. The molecule has 3 rings (SSSR count). The largest absolute Gasteiger partial charge is 0.481 e. The number of aliphatic hydroxyl groups is 3. The summed E-state index contributed by atoms with van der Waals surface area (Å²) in [5.74, 6) is -0.413. The summed E-state index contributed by atoms with van der Waals surface area (Å²) in [5, 5.41) is 36.7. The molecule has 1 fully saturated rings. The molecule has 1 aliphatic rings. The van der Waals surface area contributed by atoms with Crippen molar-refractivity contribution in [2.75, 3.05) is 37.8 Å². The van der Waals surface area contributed by atoms with Crippen LogP contribution < -0.4 is 16.4 Å². The Balaban J connectivity index is 1.27. The molecule has 71 heavy (non-hydrogen) atoms. The summed E-state index contributed by atoms with van der Waals surface area (Å²) in [6.45, 7) is 4.97. The highest BCUT2D eigenvalue weighted by Crippen LogP contribution is 2.61. The number of nitrogens with one attached hydrogen (secondary N) is 2. The molecule has 8 atom stereocenters. The predicted octanol–water partition coefficient (Wildman–Crippen LogP) is 4.92. The van der Waals surface area contributed by atoms with Crippen LogP contribution in [-0.2, 0) is 50.7 Å². The molecule has 11 N–H and O–H groups in total. The van der Waals surface area contributed by atoms with E-state index in [1.165, 1.54) is 84.5 Å². The number of fused-ring (bicyclic) bond motifs is 1. The number of aliphatic hydroxyl groups excluding tert-OH is 3. The van der Waals surface area contributed by atoms with Gasteiger partial charge in [-0.3, -0.25) is 32.5 Å². The number of carbonyl (C=O) groups is 3. The molecule has 3 heterocycles. The predicted molar refractivity (Wildman–Crippen MR) is 262 cm³/mol. The van der Waals surface area contributed by atoms with E-state index in [-0.39, 0.29) is 53.8 Å². The number of carbonyl (C=O) groups excluding carboxylic acids is 3. The molecule has 1 aliphatic heterocycles. The van der Waals surface area contributed by atoms with Crippen LogP contribution in [0.5, 0.6) is 0 Å². The van der Waals surface area contributed by atoms with Crippen molar-refractivity contribution in [1.29, 1.82) is 0 Å². The van der Waals surface area contributed by atoms with Crippen molar-refractivity contribution in [3.05, 3.63) is 12.7 Å². The number of aromatic nitrogens is 4. The second kappa shape index (κ2) is 30.8. The zero-order chi connectivity index (χ0) is 52.8. The van der Waals surface area contributed by atoms with Gasteiger partial charge in [-0.1, -0.05) is 129 Å². The van der Waals surface area contributed by atoms with Crippen molar-refractivity contribution >= 4 is 69.1 Å². The standard InChI is InChI=1S/C42H76N7O18P3S/c1-29(2)18-16-14-12-10-8-6-5-7-9-11-13-15-17-19-30(50)24-33(52)71-23-22-44-32(51)20-21-45-40(55)37(54)42(3,4)26-64-70(61,62)67-69(59,60)63-25-31-36(66-68(56,57)58)35(53)41(65-31)49-28-48-34-38(43)46-27-47-39(34)49/h27-31,35-37,41,50,53-54H,5-26H2,1-4H3,(H,44,51)(H,45,55)(H,59,60)(H,61,62)(H2,43,46,47)(H2,56,57,58)/t30-,31+,35+,36+,37-,41+/m0/s1. The van der Waals surface area contributed by atoms with E-state index in [1.807, 2.05) is 0 Å². The Morgan fingerprint density at radius 3 is 2.01 bits per heavy atom. The van der Waals surface area contributed by atoms with Gasteiger partial charge in [0.05, 0.1) is 25.6 Å². The first kappa shape index (κ1) is 62.8. The van der Waals surface area contributed by atoms with Gasteiger partial charge >= 0.3 is 23.5 Å². The number of imidazole rings is 1. The van der Waals surface area contributed by atoms with Gasteiger partial charge in [0.25, 0.3) is 0 Å². The lowest BCUT2D eigenvalue weighted by Crippen LogP contribution is -2.46. The summed E-state index contributed by atoms with van der Waals surface area (Å²) < 4.78 is 62.5. The fourth-order valence-electron chi connectivity index (χ4n) is 7.53. The number of phosphoric ester groups is 3. The van der Waals surface area contributed by atoms with E-state index < -0.39 is 90.7 Å². The minimum absolute atomic E-state index is 0.0260. The van der Waals surface area contributed by atoms with Crippen LogP contribution in [0.1, 0.15) is 143 Å². The first-order chi connectivity index (χ1) is 33.3. The van der Waals surface area contributed by atoms with Gasteiger partial charge in [-0.05, 0) is 12.3 Å². The number of nitrogens with zero attached hydrogens (tertiary/aromatic N) is 4. The van der Waals surface area contributed by atoms with Crippen molar-refractivity contribution < 1.29 is 85.6 Å². The van der Waals surface area contributed by atoms with E-state index in [0.29, 0.717) is 6.42 Å². The molecular weight excluding hydrogens is 1020 g/mol. The lowest BCUT2D eigenvalue weighted by molar-refractivity contribution is -0.137. The minimum Gasteiger partial charge on any atom is -0.393 e. The quantitative estimate of drug-likeness (QED) is 0.0317. The molecule has 0 saturated carbocycles. The van der Waals surface area contributed by atoms with E-state index in [2.05, 4.69) is 48.3 Å². The molecule has 29 heteroatoms. The lowest BCUT2D eigenvalue weighted by Gasteiger charge is -2.30. The fraction of sp³-hybridized carbons (Fsp3) is 0.810. The lowest BCUT2D eigenvalue weighted by atomic mass is 9.87. The number of anilines is 1. The average molecular weight is 1090 g/mol. The SMILES string of the molecule is CC(C)CCCCCCCCCCCCCCC[C@H](O)CC(=O)SCCNC(=O)CCNC(=O)[C@H](O)C(C)(C)COP(=O)(O)OP(=O)(O)OC[C@H]1O[C@@H](n2cnc3c(N)ncnc32)[C@H](O)[C@@H]1OP(=O)(O)O. The van der Waals surface area contributed by atoms with E-state index in [9.17, 15) is 63.0 Å². The Hall–Kier alpha value is -2.48. The van der Waals surface area contributed by atoms with E-state index in [0.717, 1.165) is 54.2 Å². The van der Waals surface area contributed by atoms with Crippen molar-refractivity contribution in [2.24, 2.45) is 11.3 Å². The Kier molecular flexibility index (Phi) is 27.2. The maximum Gasteiger partial charge on any atom is 0.481 e. The van der Waals surface area contributed by atoms with Gasteiger partial charge in [0, 0.05) is 37.1 Å². The monoisotopic (exact) mass is 1090 g/mol. The molecule has 2 unspecified atom stereocenters. The van der Waals surface area contributed by atoms with Crippen molar-refractivity contribution in [3.8, 4) is 0 Å². The Morgan fingerprint density at radius 1 is 0.845 bits per heavy atom. The van der Waals surface area contributed by atoms with Crippen molar-refractivity contribution in [1.82, 2.24) is 30.2 Å². The Bertz CT molecular complexity index is 2100. The zero-order valence-corrected chi connectivity index (χ0v) is 44.5. The van der Waals surface area contributed by atoms with Crippen molar-refractivity contribution in [3.63, 3.8) is 0 Å². The van der Waals surface area contributed by atoms with E-state index >= 15 is 0 Å². The maximum absolute atomic E-state index is 12.8. The molecule has 0 aliphatic carbocycles. The first-order valence-corrected chi connectivity index (χ1v) is 29.5. The summed E-state index contributed by atoms with van der Waals surface area (Å²) in [6.07, 6.45) is 10.3. The van der Waals surface area contributed by atoms with Gasteiger partial charge in [0.1, 0.15) is 36.3 Å². The third kappa shape index (κ3) is 24.2. The first-order valence-electron chi connectivity index (χ1n) is 24.0. The van der Waals surface area contributed by atoms with Gasteiger partial charge in [-0.25, -0.2) is 28.6 Å². The van der Waals surface area contributed by atoms with E-state index in [1.54, 1.807) is 0 Å². The summed E-state index contributed by atoms with van der Waals surface area (Å²) in [7, 11) is -16.4. The summed E-state index contributed by atoms with van der Waals surface area (Å²) in [5.41, 5.74) is 4.26. The minimum atomic E-state index is -5.59. The second-order valence-corrected chi connectivity index (χ2v) is 24.1. The third-order valence-electron chi connectivity index (χ3n) is 11.5. The fourth-order valence-corrected chi connectivity index (χ4v) is 11.1. The number of nitrogen functional groups attached to an aromatic ring is 1. The molecule has 2 amide bonds. The van der Waals surface area contributed by atoms with Gasteiger partial charge in [-0.15, -0.1) is 0 Å². The number of ether oxygens (including phenoxy) is 1. The third-order valence-corrected chi connectivity index (χ3v) is 15.5. The molecular formula is C42H76N7O18P3S. The van der Waals surface area contributed by atoms with E-state index in [4.69, 9.17) is 19.5 Å². The molecule has 0 spiro atoms. The summed E-state index contributed by atoms with van der Waals surface area (Å²) in [4.78, 5) is 88.6. The zero-order valence-electron chi connectivity index (χ0n) is 41.0. The second-order valence-electron chi connectivity index (χ2n) is 18.7. The summed E-state index contributed by atoms with van der Waals surface area (Å²) >= 11 is 1.00. The molecule has 408 valence electrons. The van der Waals surface area contributed by atoms with Crippen LogP contribution in [0.2, 0.25) is 0 Å². The average Bonchev–Trinajstić information content (AvgIpc) is 3.84. The highest BCUT2D eigenvalue weighted by Gasteiger charge is 2.50. The van der Waals surface area contributed by atoms with Gasteiger partial charge in [0.2, 0.25) is 11.8 Å². The van der Waals surface area contributed by atoms with Gasteiger partial charge < -0.3 is 56.0 Å². The van der Waals surface area contributed by atoms with Crippen LogP contribution in [0.25, 0.3) is 11.2 Å². The van der Waals surface area contributed by atoms with Crippen LogP contribution in [0.4, 0.5) is 5.82 Å². The molecule has 2 aromatic heterocycles. The van der Waals surface area contributed by atoms with Crippen LogP contribution >= 0.6 is 35.2 Å². The van der Waals surface area contributed by atoms with Crippen molar-refractivity contribution in [2.45, 2.75) is 174 Å². The number of nitrogens with two attached hydrogens (primary N) is 1. The molecule has 2 aromatic rings. The molecule has 0 radical (unpaired) electrons. The van der Waals surface area contributed by atoms with Crippen LogP contribution in [0, 0.1) is 11.3 Å². The number of amides is 2. The number of hydrogen-bond donors (Lipinski definition) is 10. The number of phosphoric acid groups is 3. The smallest absolute Gasteiger partial charge is 0.393 e. The topological polar surface area (TPSA) is 384 Å². The number of rotatable bonds is 37. The number of unbranched alkanes of at least 4 members (excludes halogenated alkanes) is 12. The Labute approximate surface area is 419 Å². The van der Waals surface area contributed by atoms with Crippen LogP contribution in [-0.4, -0.2) is 134 Å². The maximum atomic E-state index is 12.8.